The third-order valence-electron chi connectivity index (χ3n) is 6.01. The van der Waals surface area contributed by atoms with E-state index in [-0.39, 0.29) is 0 Å². The Kier molecular flexibility index (Phi) is 11.7. The highest BCUT2D eigenvalue weighted by molar-refractivity contribution is 5.82. The van der Waals surface area contributed by atoms with Crippen molar-refractivity contribution < 1.29 is 9.40 Å². The molecule has 0 amide bonds. The van der Waals surface area contributed by atoms with E-state index >= 15 is 0 Å². The number of allylic oxidation sites excluding steroid dienone is 8. The van der Waals surface area contributed by atoms with E-state index in [1.165, 1.54) is 28.7 Å². The van der Waals surface area contributed by atoms with E-state index in [4.69, 9.17) is 4.84 Å². The quantitative estimate of drug-likeness (QED) is 0.185. The number of rotatable bonds is 14. The lowest BCUT2D eigenvalue weighted by Gasteiger charge is -2.05. The van der Waals surface area contributed by atoms with E-state index in [2.05, 4.69) is 84.3 Å². The summed E-state index contributed by atoms with van der Waals surface area (Å²) in [5.74, 6) is 1.20. The van der Waals surface area contributed by atoms with Crippen LogP contribution in [0.1, 0.15) is 73.1 Å². The maximum absolute atomic E-state index is 5.15. The van der Waals surface area contributed by atoms with E-state index in [0.717, 1.165) is 49.8 Å². The Morgan fingerprint density at radius 1 is 0.914 bits per heavy atom. The van der Waals surface area contributed by atoms with Crippen LogP contribution in [0, 0.1) is 0 Å². The summed E-state index contributed by atoms with van der Waals surface area (Å²) in [5.41, 5.74) is 10.4. The first kappa shape index (κ1) is 28.3. The fraction of sp³-hybridized carbons (Fsp3) is 0.536. The number of nitrogens with one attached hydrogen (secondary N) is 2. The average Bonchev–Trinajstić information content (AvgIpc) is 3.13. The lowest BCUT2D eigenvalue weighted by molar-refractivity contribution is -0.647. The fourth-order valence-corrected chi connectivity index (χ4v) is 3.93. The number of imidazole rings is 1. The molecule has 0 radical (unpaired) electrons. The third-order valence-corrected chi connectivity index (χ3v) is 6.01. The summed E-state index contributed by atoms with van der Waals surface area (Å²) in [6.45, 7) is 11.8. The van der Waals surface area contributed by atoms with Gasteiger partial charge in [-0.3, -0.25) is 9.40 Å². The summed E-state index contributed by atoms with van der Waals surface area (Å²) in [5, 5.41) is 3.00. The standard InChI is InChI=1S/C28H45N6O/c1-21(2)12-9-13-22(3)14-10-15-23(4)16-11-17-24(5)18-19-34-20-33(7)27-25(34)26(32-35-8)30-28(29-6)31-27/h12,14,16,18,20H,9-11,13,15,17,19H2,1-8H3,(H2,29,30,31,32)/q+1/b22-14+,23-16+,24-18+. The van der Waals surface area contributed by atoms with Crippen LogP contribution in [0.4, 0.5) is 11.8 Å². The molecular weight excluding hydrogens is 436 g/mol. The molecule has 0 saturated heterocycles. The number of hydrogen-bond acceptors (Lipinski definition) is 5. The van der Waals surface area contributed by atoms with E-state index < -0.39 is 0 Å². The summed E-state index contributed by atoms with van der Waals surface area (Å²) in [6, 6.07) is 0. The van der Waals surface area contributed by atoms with Crippen molar-refractivity contribution in [2.45, 2.75) is 79.7 Å². The van der Waals surface area contributed by atoms with Gasteiger partial charge in [-0.15, -0.1) is 0 Å². The van der Waals surface area contributed by atoms with Crippen LogP contribution in [-0.2, 0) is 18.4 Å². The Balaban J connectivity index is 1.91. The molecule has 0 fully saturated rings. The second kappa shape index (κ2) is 14.5. The first-order valence-corrected chi connectivity index (χ1v) is 12.6. The highest BCUT2D eigenvalue weighted by Crippen LogP contribution is 2.21. The topological polar surface area (TPSA) is 67.9 Å². The SMILES string of the molecule is CNc1nc(NOC)c2c(n1)[n+](C)cn2C/C=C(\C)CC/C=C(\C)CC/C=C(\C)CCC=C(C)C. The highest BCUT2D eigenvalue weighted by atomic mass is 16.6. The number of aromatic nitrogens is 4. The van der Waals surface area contributed by atoms with Crippen LogP contribution in [0.5, 0.6) is 0 Å². The molecule has 0 bridgehead atoms. The fourth-order valence-electron chi connectivity index (χ4n) is 3.93. The van der Waals surface area contributed by atoms with Crippen molar-refractivity contribution in [2.24, 2.45) is 7.05 Å². The van der Waals surface area contributed by atoms with Gasteiger partial charge in [-0.25, -0.2) is 10.0 Å². The third kappa shape index (κ3) is 9.32. The molecule has 0 saturated carbocycles. The second-order valence-corrected chi connectivity index (χ2v) is 9.55. The summed E-state index contributed by atoms with van der Waals surface area (Å²) >= 11 is 0. The molecule has 0 aliphatic heterocycles. The second-order valence-electron chi connectivity index (χ2n) is 9.55. The molecule has 35 heavy (non-hydrogen) atoms. The largest absolute Gasteiger partial charge is 0.343 e. The molecule has 0 spiro atoms. The van der Waals surface area contributed by atoms with Gasteiger partial charge in [0.05, 0.1) is 20.7 Å². The van der Waals surface area contributed by atoms with Crippen LogP contribution in [-0.4, -0.2) is 28.7 Å². The van der Waals surface area contributed by atoms with Gasteiger partial charge in [-0.05, 0) is 73.1 Å². The van der Waals surface area contributed by atoms with Crippen molar-refractivity contribution in [3.8, 4) is 0 Å². The lowest BCUT2D eigenvalue weighted by atomic mass is 10.0. The average molecular weight is 482 g/mol. The molecule has 0 unspecified atom stereocenters. The van der Waals surface area contributed by atoms with Crippen molar-refractivity contribution in [2.75, 3.05) is 25.0 Å². The number of aryl methyl sites for hydroxylation is 1. The van der Waals surface area contributed by atoms with Crippen molar-refractivity contribution >= 4 is 22.9 Å². The van der Waals surface area contributed by atoms with Crippen molar-refractivity contribution in [3.63, 3.8) is 0 Å². The molecule has 7 heteroatoms. The van der Waals surface area contributed by atoms with Crippen molar-refractivity contribution in [1.82, 2.24) is 14.5 Å². The van der Waals surface area contributed by atoms with Crippen LogP contribution >= 0.6 is 0 Å². The molecule has 7 nitrogen and oxygen atoms in total. The van der Waals surface area contributed by atoms with Crippen LogP contribution in [0.25, 0.3) is 11.2 Å². The number of hydrogen-bond donors (Lipinski definition) is 2. The first-order chi connectivity index (χ1) is 16.7. The van der Waals surface area contributed by atoms with Crippen LogP contribution in [0.3, 0.4) is 0 Å². The van der Waals surface area contributed by atoms with E-state index in [0.29, 0.717) is 11.8 Å². The smallest absolute Gasteiger partial charge is 0.309 e. The summed E-state index contributed by atoms with van der Waals surface area (Å²) in [4.78, 5) is 14.3. The van der Waals surface area contributed by atoms with Gasteiger partial charge >= 0.3 is 11.6 Å². The predicted octanol–water partition coefficient (Wildman–Crippen LogP) is 6.42. The number of anilines is 2. The summed E-state index contributed by atoms with van der Waals surface area (Å²) in [6.07, 6.45) is 18.2. The Labute approximate surface area is 211 Å². The molecule has 2 aromatic heterocycles. The summed E-state index contributed by atoms with van der Waals surface area (Å²) < 4.78 is 4.15. The molecule has 0 aromatic carbocycles. The molecule has 0 aliphatic rings. The Hall–Kier alpha value is -2.93. The maximum Gasteiger partial charge on any atom is 0.309 e. The zero-order valence-corrected chi connectivity index (χ0v) is 23.0. The molecule has 2 heterocycles. The minimum Gasteiger partial charge on any atom is -0.343 e. The predicted molar refractivity (Wildman–Crippen MR) is 147 cm³/mol. The molecule has 2 rings (SSSR count). The Bertz CT molecular complexity index is 1090. The number of fused-ring (bicyclic) bond motifs is 1. The molecule has 2 aromatic rings. The van der Waals surface area contributed by atoms with E-state index in [9.17, 15) is 0 Å². The molecule has 2 N–H and O–H groups in total. The first-order valence-electron chi connectivity index (χ1n) is 12.6. The van der Waals surface area contributed by atoms with Crippen LogP contribution < -0.4 is 15.4 Å². The number of nitrogens with zero attached hydrogens (tertiary/aromatic N) is 4. The van der Waals surface area contributed by atoms with Crippen molar-refractivity contribution in [1.29, 1.82) is 0 Å². The van der Waals surface area contributed by atoms with E-state index in [1.54, 1.807) is 7.11 Å². The maximum atomic E-state index is 5.15. The van der Waals surface area contributed by atoms with E-state index in [1.807, 2.05) is 25.0 Å². The van der Waals surface area contributed by atoms with Gasteiger partial charge in [0, 0.05) is 7.05 Å². The highest BCUT2D eigenvalue weighted by Gasteiger charge is 2.21. The Morgan fingerprint density at radius 3 is 2.03 bits per heavy atom. The minimum atomic E-state index is 0.550. The monoisotopic (exact) mass is 481 g/mol. The van der Waals surface area contributed by atoms with Crippen molar-refractivity contribution in [3.05, 3.63) is 52.9 Å². The normalized spacial score (nSPS) is 12.9. The molecule has 192 valence electrons. The molecule has 0 aliphatic carbocycles. The van der Waals surface area contributed by atoms with Gasteiger partial charge in [0.1, 0.15) is 0 Å². The van der Waals surface area contributed by atoms with Gasteiger partial charge in [0.2, 0.25) is 11.3 Å². The lowest BCUT2D eigenvalue weighted by Crippen LogP contribution is -2.26. The van der Waals surface area contributed by atoms with Gasteiger partial charge in [0.25, 0.3) is 0 Å². The van der Waals surface area contributed by atoms with Gasteiger partial charge in [-0.1, -0.05) is 51.6 Å². The van der Waals surface area contributed by atoms with Gasteiger partial charge in [0.15, 0.2) is 6.33 Å². The van der Waals surface area contributed by atoms with Gasteiger partial charge < -0.3 is 5.32 Å². The Morgan fingerprint density at radius 2 is 1.49 bits per heavy atom. The summed E-state index contributed by atoms with van der Waals surface area (Å²) in [7, 11) is 5.39. The van der Waals surface area contributed by atoms with Gasteiger partial charge in [-0.2, -0.15) is 4.98 Å². The van der Waals surface area contributed by atoms with Crippen LogP contribution in [0.15, 0.2) is 52.9 Å². The van der Waals surface area contributed by atoms with Crippen LogP contribution in [0.2, 0.25) is 0 Å². The zero-order valence-electron chi connectivity index (χ0n) is 23.0. The molecule has 0 atom stereocenters. The molecular formula is C28H45N6O+. The zero-order chi connectivity index (χ0) is 25.8. The minimum absolute atomic E-state index is 0.550.